The Morgan fingerprint density at radius 3 is 2.65 bits per heavy atom. The van der Waals surface area contributed by atoms with Crippen LogP contribution in [0.3, 0.4) is 0 Å². The Balaban J connectivity index is 2.36. The molecule has 20 heavy (non-hydrogen) atoms. The molecule has 0 radical (unpaired) electrons. The summed E-state index contributed by atoms with van der Waals surface area (Å²) in [6, 6.07) is 8.01. The van der Waals surface area contributed by atoms with Crippen molar-refractivity contribution in [2.75, 3.05) is 0 Å². The summed E-state index contributed by atoms with van der Waals surface area (Å²) in [6.45, 7) is 6.69. The van der Waals surface area contributed by atoms with Crippen LogP contribution in [-0.4, -0.2) is 26.1 Å². The fraction of sp³-hybridized carbons (Fsp3) is 0.400. The molecule has 0 aliphatic rings. The highest BCUT2D eigenvalue weighted by atomic mass is 16.4. The second-order valence-electron chi connectivity index (χ2n) is 5.37. The quantitative estimate of drug-likeness (QED) is 0.909. The van der Waals surface area contributed by atoms with Crippen LogP contribution in [0.5, 0.6) is 0 Å². The Morgan fingerprint density at radius 2 is 2.05 bits per heavy atom. The van der Waals surface area contributed by atoms with E-state index in [2.05, 4.69) is 24.2 Å². The summed E-state index contributed by atoms with van der Waals surface area (Å²) >= 11 is 0. The average Bonchev–Trinajstić information content (AvgIpc) is 2.75. The molecule has 5 heteroatoms. The van der Waals surface area contributed by atoms with Crippen molar-refractivity contribution < 1.29 is 9.90 Å². The molecule has 1 aromatic heterocycles. The molecule has 0 aliphatic heterocycles. The minimum absolute atomic E-state index is 0.0623. The predicted octanol–water partition coefficient (Wildman–Crippen LogP) is 2.53. The van der Waals surface area contributed by atoms with Gasteiger partial charge >= 0.3 is 5.97 Å². The van der Waals surface area contributed by atoms with Crippen LogP contribution in [0.4, 0.5) is 0 Å². The minimum Gasteiger partial charge on any atom is -0.476 e. The zero-order valence-electron chi connectivity index (χ0n) is 12.0. The van der Waals surface area contributed by atoms with Crippen molar-refractivity contribution in [3.63, 3.8) is 0 Å². The molecule has 0 amide bonds. The number of carbonyl (C=O) groups is 1. The molecule has 1 N–H and O–H groups in total. The van der Waals surface area contributed by atoms with Crippen molar-refractivity contribution in [2.45, 2.75) is 33.7 Å². The molecule has 1 heterocycles. The monoisotopic (exact) mass is 273 g/mol. The molecule has 1 aromatic carbocycles. The molecule has 0 bridgehead atoms. The van der Waals surface area contributed by atoms with E-state index in [4.69, 9.17) is 0 Å². The third-order valence-corrected chi connectivity index (χ3v) is 3.22. The van der Waals surface area contributed by atoms with Gasteiger partial charge in [0.25, 0.3) is 0 Å². The predicted molar refractivity (Wildman–Crippen MR) is 75.8 cm³/mol. The van der Waals surface area contributed by atoms with Crippen molar-refractivity contribution in [1.82, 2.24) is 15.0 Å². The molecule has 0 unspecified atom stereocenters. The van der Waals surface area contributed by atoms with Gasteiger partial charge in [0.05, 0.1) is 12.2 Å². The fourth-order valence-corrected chi connectivity index (χ4v) is 2.16. The summed E-state index contributed by atoms with van der Waals surface area (Å²) in [6.07, 6.45) is 0.653. The van der Waals surface area contributed by atoms with Gasteiger partial charge in [-0.05, 0) is 30.4 Å². The van der Waals surface area contributed by atoms with Gasteiger partial charge < -0.3 is 5.11 Å². The first-order chi connectivity index (χ1) is 9.49. The van der Waals surface area contributed by atoms with E-state index >= 15 is 0 Å². The van der Waals surface area contributed by atoms with Crippen molar-refractivity contribution in [3.8, 4) is 0 Å². The zero-order valence-corrected chi connectivity index (χ0v) is 12.0. The maximum atomic E-state index is 11.2. The molecule has 2 aromatic rings. The van der Waals surface area contributed by atoms with Gasteiger partial charge in [0.15, 0.2) is 5.69 Å². The van der Waals surface area contributed by atoms with E-state index in [9.17, 15) is 9.90 Å². The molecule has 0 atom stereocenters. The smallest absolute Gasteiger partial charge is 0.358 e. The average molecular weight is 273 g/mol. The van der Waals surface area contributed by atoms with Crippen LogP contribution in [0, 0.1) is 12.8 Å². The Kier molecular flexibility index (Phi) is 4.17. The van der Waals surface area contributed by atoms with Crippen LogP contribution >= 0.6 is 0 Å². The standard InChI is InChI=1S/C15H19N3O2/c1-10(2)8-13-14(15(19)20)16-17-18(13)9-12-7-5-4-6-11(12)3/h4-7,10H,8-9H2,1-3H3,(H,19,20). The number of aryl methyl sites for hydroxylation is 1. The lowest BCUT2D eigenvalue weighted by atomic mass is 10.1. The number of hydrogen-bond acceptors (Lipinski definition) is 3. The van der Waals surface area contributed by atoms with Crippen LogP contribution in [-0.2, 0) is 13.0 Å². The lowest BCUT2D eigenvalue weighted by Gasteiger charge is -2.10. The highest BCUT2D eigenvalue weighted by molar-refractivity contribution is 5.86. The lowest BCUT2D eigenvalue weighted by molar-refractivity contribution is 0.0689. The number of carboxylic acids is 1. The van der Waals surface area contributed by atoms with Crippen molar-refractivity contribution in [3.05, 3.63) is 46.8 Å². The zero-order chi connectivity index (χ0) is 14.7. The minimum atomic E-state index is -1.02. The van der Waals surface area contributed by atoms with E-state index in [0.717, 1.165) is 11.1 Å². The lowest BCUT2D eigenvalue weighted by Crippen LogP contribution is -2.12. The van der Waals surface area contributed by atoms with Gasteiger partial charge in [0, 0.05) is 0 Å². The maximum absolute atomic E-state index is 11.2. The second kappa shape index (κ2) is 5.86. The molecule has 5 nitrogen and oxygen atoms in total. The van der Waals surface area contributed by atoms with E-state index in [-0.39, 0.29) is 5.69 Å². The van der Waals surface area contributed by atoms with Gasteiger partial charge in [0.2, 0.25) is 0 Å². The van der Waals surface area contributed by atoms with Crippen LogP contribution < -0.4 is 0 Å². The largest absolute Gasteiger partial charge is 0.476 e. The number of rotatable bonds is 5. The number of benzene rings is 1. The van der Waals surface area contributed by atoms with E-state index in [1.54, 1.807) is 4.68 Å². The Hall–Kier alpha value is -2.17. The first kappa shape index (κ1) is 14.2. The highest BCUT2D eigenvalue weighted by Crippen LogP contribution is 2.15. The molecule has 0 saturated heterocycles. The van der Waals surface area contributed by atoms with Gasteiger partial charge in [0.1, 0.15) is 0 Å². The molecular formula is C15H19N3O2. The van der Waals surface area contributed by atoms with E-state index in [1.807, 2.05) is 31.2 Å². The van der Waals surface area contributed by atoms with Gasteiger partial charge in [-0.15, -0.1) is 5.10 Å². The number of hydrogen-bond donors (Lipinski definition) is 1. The van der Waals surface area contributed by atoms with Gasteiger partial charge in [-0.25, -0.2) is 9.48 Å². The maximum Gasteiger partial charge on any atom is 0.358 e. The summed E-state index contributed by atoms with van der Waals surface area (Å²) < 4.78 is 1.70. The number of aromatic nitrogens is 3. The molecular weight excluding hydrogens is 254 g/mol. The highest BCUT2D eigenvalue weighted by Gasteiger charge is 2.20. The van der Waals surface area contributed by atoms with Crippen molar-refractivity contribution in [2.24, 2.45) is 5.92 Å². The third kappa shape index (κ3) is 3.04. The molecule has 106 valence electrons. The van der Waals surface area contributed by atoms with Crippen molar-refractivity contribution in [1.29, 1.82) is 0 Å². The molecule has 0 fully saturated rings. The SMILES string of the molecule is Cc1ccccc1Cn1nnc(C(=O)O)c1CC(C)C. The third-order valence-electron chi connectivity index (χ3n) is 3.22. The second-order valence-corrected chi connectivity index (χ2v) is 5.37. The molecule has 0 aliphatic carbocycles. The summed E-state index contributed by atoms with van der Waals surface area (Å²) in [7, 11) is 0. The van der Waals surface area contributed by atoms with Crippen molar-refractivity contribution >= 4 is 5.97 Å². The summed E-state index contributed by atoms with van der Waals surface area (Å²) in [5.74, 6) is -0.668. The van der Waals surface area contributed by atoms with Gasteiger partial charge in [-0.1, -0.05) is 43.3 Å². The molecule has 2 rings (SSSR count). The molecule has 0 spiro atoms. The number of carboxylic acid groups (broad SMARTS) is 1. The van der Waals surface area contributed by atoms with Gasteiger partial charge in [-0.2, -0.15) is 0 Å². The van der Waals surface area contributed by atoms with E-state index in [0.29, 0.717) is 24.6 Å². The van der Waals surface area contributed by atoms with Gasteiger partial charge in [-0.3, -0.25) is 0 Å². The Bertz CT molecular complexity index is 617. The van der Waals surface area contributed by atoms with Crippen LogP contribution in [0.1, 0.15) is 41.2 Å². The summed E-state index contributed by atoms with van der Waals surface area (Å²) in [4.78, 5) is 11.2. The first-order valence-corrected chi connectivity index (χ1v) is 6.69. The van der Waals surface area contributed by atoms with E-state index < -0.39 is 5.97 Å². The van der Waals surface area contributed by atoms with Crippen LogP contribution in [0.25, 0.3) is 0 Å². The Labute approximate surface area is 118 Å². The van der Waals surface area contributed by atoms with Crippen LogP contribution in [0.15, 0.2) is 24.3 Å². The number of aromatic carboxylic acids is 1. The van der Waals surface area contributed by atoms with E-state index in [1.165, 1.54) is 0 Å². The summed E-state index contributed by atoms with van der Waals surface area (Å²) in [5.41, 5.74) is 3.04. The molecule has 0 saturated carbocycles. The normalized spacial score (nSPS) is 11.0. The number of nitrogens with zero attached hydrogens (tertiary/aromatic N) is 3. The topological polar surface area (TPSA) is 68.0 Å². The Morgan fingerprint density at radius 1 is 1.35 bits per heavy atom. The first-order valence-electron chi connectivity index (χ1n) is 6.69. The summed E-state index contributed by atoms with van der Waals surface area (Å²) in [5, 5.41) is 17.0. The fourth-order valence-electron chi connectivity index (χ4n) is 2.16. The van der Waals surface area contributed by atoms with Crippen LogP contribution in [0.2, 0.25) is 0 Å².